The Morgan fingerprint density at radius 2 is 1.25 bits per heavy atom. The Balaban J connectivity index is 3.53. The van der Waals surface area contributed by atoms with Crippen LogP contribution in [0, 0.1) is 12.3 Å². The molecule has 0 spiro atoms. The van der Waals surface area contributed by atoms with E-state index in [-0.39, 0.29) is 10.8 Å². The van der Waals surface area contributed by atoms with Crippen LogP contribution in [0.2, 0.25) is 0 Å². The van der Waals surface area contributed by atoms with Crippen LogP contribution in [0.4, 0.5) is 0 Å². The van der Waals surface area contributed by atoms with Gasteiger partial charge in [-0.25, -0.2) is 0 Å². The molecule has 0 atom stereocenters. The first-order chi connectivity index (χ1) is 7.18. The van der Waals surface area contributed by atoms with Crippen LogP contribution in [0.1, 0.15) is 58.2 Å². The van der Waals surface area contributed by atoms with Crippen molar-refractivity contribution >= 4 is 0 Å². The van der Waals surface area contributed by atoms with Crippen LogP contribution >= 0.6 is 0 Å². The summed E-state index contributed by atoms with van der Waals surface area (Å²) >= 11 is 0. The van der Waals surface area contributed by atoms with Gasteiger partial charge in [0.25, 0.3) is 0 Å². The lowest BCUT2D eigenvalue weighted by molar-refractivity contribution is 0.566. The average Bonchev–Trinajstić information content (AvgIpc) is 2.13. The highest BCUT2D eigenvalue weighted by Crippen LogP contribution is 2.33. The van der Waals surface area contributed by atoms with E-state index in [0.717, 1.165) is 5.56 Å². The second-order valence-electron chi connectivity index (χ2n) is 6.35. The number of benzene rings is 1. The highest BCUT2D eigenvalue weighted by Gasteiger charge is 2.18. The Morgan fingerprint density at radius 1 is 0.875 bits per heavy atom. The van der Waals surface area contributed by atoms with E-state index in [1.165, 1.54) is 11.1 Å². The topological polar surface area (TPSA) is 0 Å². The van der Waals surface area contributed by atoms with Crippen LogP contribution < -0.4 is 0 Å². The molecule has 0 unspecified atom stereocenters. The minimum absolute atomic E-state index is 0.0602. The summed E-state index contributed by atoms with van der Waals surface area (Å²) < 4.78 is 0. The normalized spacial score (nSPS) is 12.3. The molecule has 16 heavy (non-hydrogen) atoms. The van der Waals surface area contributed by atoms with E-state index in [1.54, 1.807) is 0 Å². The third-order valence-corrected chi connectivity index (χ3v) is 2.81. The molecular formula is C16H21-. The quantitative estimate of drug-likeness (QED) is 0.447. The van der Waals surface area contributed by atoms with Gasteiger partial charge >= 0.3 is 0 Å². The summed E-state index contributed by atoms with van der Waals surface area (Å²) in [6.07, 6.45) is 7.54. The first-order valence-corrected chi connectivity index (χ1v) is 5.74. The fourth-order valence-corrected chi connectivity index (χ4v) is 1.94. The fraction of sp³-hybridized carbons (Fsp3) is 0.500. The molecule has 0 aliphatic carbocycles. The molecule has 0 amide bonds. The molecule has 0 saturated heterocycles. The lowest BCUT2D eigenvalue weighted by Gasteiger charge is -2.33. The van der Waals surface area contributed by atoms with Gasteiger partial charge in [-0.15, -0.1) is 16.7 Å². The van der Waals surface area contributed by atoms with Crippen molar-refractivity contribution in [2.75, 3.05) is 0 Å². The molecule has 1 rings (SSSR count). The predicted octanol–water partition coefficient (Wildman–Crippen LogP) is 4.22. The fourth-order valence-electron chi connectivity index (χ4n) is 1.94. The molecule has 0 aromatic heterocycles. The van der Waals surface area contributed by atoms with Crippen LogP contribution in [-0.2, 0) is 10.8 Å². The van der Waals surface area contributed by atoms with Gasteiger partial charge < -0.3 is 6.42 Å². The zero-order valence-electron chi connectivity index (χ0n) is 11.2. The summed E-state index contributed by atoms with van der Waals surface area (Å²) in [5, 5.41) is 0. The lowest BCUT2D eigenvalue weighted by Crippen LogP contribution is -2.19. The Bertz CT molecular complexity index is 385. The SMILES string of the molecule is [C-]#Cc1c(C(C)(C)C)cccc1C(C)(C)C. The van der Waals surface area contributed by atoms with Crippen LogP contribution in [0.5, 0.6) is 0 Å². The third kappa shape index (κ3) is 2.47. The van der Waals surface area contributed by atoms with Gasteiger partial charge in [0.2, 0.25) is 0 Å². The maximum atomic E-state index is 7.54. The van der Waals surface area contributed by atoms with Crippen molar-refractivity contribution < 1.29 is 0 Å². The zero-order valence-corrected chi connectivity index (χ0v) is 11.2. The molecule has 0 radical (unpaired) electrons. The third-order valence-electron chi connectivity index (χ3n) is 2.81. The molecule has 0 heterocycles. The van der Waals surface area contributed by atoms with Crippen molar-refractivity contribution in [1.29, 1.82) is 0 Å². The van der Waals surface area contributed by atoms with Gasteiger partial charge in [-0.2, -0.15) is 0 Å². The van der Waals surface area contributed by atoms with Gasteiger partial charge in [0.05, 0.1) is 0 Å². The van der Waals surface area contributed by atoms with E-state index < -0.39 is 0 Å². The van der Waals surface area contributed by atoms with Crippen molar-refractivity contribution in [3.8, 4) is 5.92 Å². The molecule has 0 saturated carbocycles. The minimum Gasteiger partial charge on any atom is -0.366 e. The summed E-state index contributed by atoms with van der Waals surface area (Å²) in [7, 11) is 0. The summed E-state index contributed by atoms with van der Waals surface area (Å²) in [5.74, 6) is 2.63. The van der Waals surface area contributed by atoms with Crippen LogP contribution in [0.15, 0.2) is 18.2 Å². The van der Waals surface area contributed by atoms with E-state index in [1.807, 2.05) is 0 Å². The van der Waals surface area contributed by atoms with Gasteiger partial charge in [-0.3, -0.25) is 5.92 Å². The van der Waals surface area contributed by atoms with E-state index >= 15 is 0 Å². The van der Waals surface area contributed by atoms with E-state index in [9.17, 15) is 0 Å². The summed E-state index contributed by atoms with van der Waals surface area (Å²) in [6, 6.07) is 6.29. The van der Waals surface area contributed by atoms with Crippen LogP contribution in [0.3, 0.4) is 0 Å². The maximum Gasteiger partial charge on any atom is -0.0286 e. The molecule has 0 heteroatoms. The highest BCUT2D eigenvalue weighted by atomic mass is 14.3. The van der Waals surface area contributed by atoms with Crippen molar-refractivity contribution in [2.24, 2.45) is 0 Å². The molecule has 0 fully saturated rings. The summed E-state index contributed by atoms with van der Waals surface area (Å²) in [4.78, 5) is 0. The molecule has 0 nitrogen and oxygen atoms in total. The van der Waals surface area contributed by atoms with Crippen LogP contribution in [0.25, 0.3) is 0 Å². The first-order valence-electron chi connectivity index (χ1n) is 5.74. The maximum absolute atomic E-state index is 7.54. The Kier molecular flexibility index (Phi) is 3.20. The molecule has 1 aromatic rings. The largest absolute Gasteiger partial charge is 0.366 e. The average molecular weight is 213 g/mol. The Labute approximate surface area is 100 Å². The van der Waals surface area contributed by atoms with E-state index in [0.29, 0.717) is 0 Å². The van der Waals surface area contributed by atoms with Crippen molar-refractivity contribution in [2.45, 2.75) is 52.4 Å². The molecule has 0 aliphatic heterocycles. The van der Waals surface area contributed by atoms with Gasteiger partial charge in [0.15, 0.2) is 0 Å². The molecule has 86 valence electrons. The Hall–Kier alpha value is -1.22. The lowest BCUT2D eigenvalue weighted by atomic mass is 9.76. The van der Waals surface area contributed by atoms with E-state index in [4.69, 9.17) is 6.42 Å². The van der Waals surface area contributed by atoms with Crippen molar-refractivity contribution in [1.82, 2.24) is 0 Å². The molecule has 1 aromatic carbocycles. The molecule has 0 bridgehead atoms. The van der Waals surface area contributed by atoms with Crippen molar-refractivity contribution in [3.63, 3.8) is 0 Å². The second-order valence-corrected chi connectivity index (χ2v) is 6.35. The zero-order chi connectivity index (χ0) is 12.6. The Morgan fingerprint density at radius 3 is 1.50 bits per heavy atom. The molecular weight excluding hydrogens is 192 g/mol. The van der Waals surface area contributed by atoms with E-state index in [2.05, 4.69) is 65.7 Å². The second kappa shape index (κ2) is 3.98. The molecule has 0 aliphatic rings. The number of rotatable bonds is 0. The standard InChI is InChI=1S/C16H21/c1-8-12-13(15(2,3)4)10-9-11-14(12)16(5,6)7/h9-11H,2-7H3/q-1. The van der Waals surface area contributed by atoms with Gasteiger partial charge in [0, 0.05) is 0 Å². The number of hydrogen-bond donors (Lipinski definition) is 0. The predicted molar refractivity (Wildman–Crippen MR) is 70.1 cm³/mol. The van der Waals surface area contributed by atoms with Crippen LogP contribution in [-0.4, -0.2) is 0 Å². The van der Waals surface area contributed by atoms with Gasteiger partial charge in [0.1, 0.15) is 0 Å². The smallest absolute Gasteiger partial charge is 0.0286 e. The number of hydrogen-bond acceptors (Lipinski definition) is 0. The van der Waals surface area contributed by atoms with Crippen molar-refractivity contribution in [3.05, 3.63) is 41.3 Å². The molecule has 0 N–H and O–H groups in total. The summed E-state index contributed by atoms with van der Waals surface area (Å²) in [5.41, 5.74) is 3.49. The van der Waals surface area contributed by atoms with Gasteiger partial charge in [-0.05, 0) is 10.8 Å². The minimum atomic E-state index is 0.0602. The summed E-state index contributed by atoms with van der Waals surface area (Å²) in [6.45, 7) is 13.1. The highest BCUT2D eigenvalue weighted by molar-refractivity contribution is 5.50. The monoisotopic (exact) mass is 213 g/mol. The van der Waals surface area contributed by atoms with Gasteiger partial charge in [-0.1, -0.05) is 59.7 Å². The first kappa shape index (κ1) is 12.8.